The van der Waals surface area contributed by atoms with Crippen molar-refractivity contribution in [3.8, 4) is 5.75 Å². The fraction of sp³-hybridized carbons (Fsp3) is 0.562. The lowest BCUT2D eigenvalue weighted by Gasteiger charge is -2.17. The average Bonchev–Trinajstić information content (AvgIpc) is 3.27. The third kappa shape index (κ3) is 6.36. The fourth-order valence-electron chi connectivity index (χ4n) is 2.01. The van der Waals surface area contributed by atoms with E-state index in [2.05, 4.69) is 5.32 Å². The van der Waals surface area contributed by atoms with Crippen molar-refractivity contribution in [1.82, 2.24) is 10.2 Å². The topological polar surface area (TPSA) is 41.6 Å². The summed E-state index contributed by atoms with van der Waals surface area (Å²) in [5.41, 5.74) is 0. The van der Waals surface area contributed by atoms with Gasteiger partial charge in [-0.15, -0.1) is 0 Å². The van der Waals surface area contributed by atoms with E-state index in [0.717, 1.165) is 24.6 Å². The Morgan fingerprint density at radius 2 is 2.29 bits per heavy atom. The van der Waals surface area contributed by atoms with Crippen LogP contribution in [0, 0.1) is 5.92 Å². The van der Waals surface area contributed by atoms with Crippen LogP contribution in [0.4, 0.5) is 0 Å². The highest BCUT2D eigenvalue weighted by molar-refractivity contribution is 6.30. The van der Waals surface area contributed by atoms with Crippen molar-refractivity contribution in [2.24, 2.45) is 5.92 Å². The molecule has 0 atom stereocenters. The summed E-state index contributed by atoms with van der Waals surface area (Å²) in [4.78, 5) is 13.6. The molecule has 1 aromatic rings. The molecule has 0 spiro atoms. The zero-order valence-corrected chi connectivity index (χ0v) is 13.2. The van der Waals surface area contributed by atoms with Gasteiger partial charge in [0.2, 0.25) is 5.91 Å². The van der Waals surface area contributed by atoms with Gasteiger partial charge in [0.25, 0.3) is 0 Å². The molecule has 0 heterocycles. The number of hydrogen-bond donors (Lipinski definition) is 1. The lowest BCUT2D eigenvalue weighted by atomic mass is 10.3. The maximum atomic E-state index is 11.9. The number of carbonyl (C=O) groups is 1. The van der Waals surface area contributed by atoms with E-state index in [-0.39, 0.29) is 5.91 Å². The molecule has 1 saturated carbocycles. The molecule has 0 bridgehead atoms. The van der Waals surface area contributed by atoms with Crippen LogP contribution in [0.25, 0.3) is 0 Å². The number of ether oxygens (including phenoxy) is 1. The van der Waals surface area contributed by atoms with Crippen LogP contribution >= 0.6 is 11.6 Å². The normalized spacial score (nSPS) is 14.0. The molecular formula is C16H23ClN2O2. The van der Waals surface area contributed by atoms with Gasteiger partial charge in [0.1, 0.15) is 5.75 Å². The number of halogens is 1. The highest BCUT2D eigenvalue weighted by atomic mass is 35.5. The van der Waals surface area contributed by atoms with Crippen molar-refractivity contribution in [2.75, 3.05) is 33.3 Å². The van der Waals surface area contributed by atoms with Crippen molar-refractivity contribution in [3.05, 3.63) is 29.3 Å². The van der Waals surface area contributed by atoms with Crippen LogP contribution in [0.5, 0.6) is 5.75 Å². The lowest BCUT2D eigenvalue weighted by Crippen LogP contribution is -2.37. The van der Waals surface area contributed by atoms with Crippen LogP contribution in [-0.2, 0) is 4.79 Å². The summed E-state index contributed by atoms with van der Waals surface area (Å²) < 4.78 is 5.60. The van der Waals surface area contributed by atoms with Crippen LogP contribution < -0.4 is 10.1 Å². The summed E-state index contributed by atoms with van der Waals surface area (Å²) in [5.74, 6) is 1.70. The first kappa shape index (κ1) is 16.1. The van der Waals surface area contributed by atoms with E-state index < -0.39 is 0 Å². The van der Waals surface area contributed by atoms with E-state index in [1.54, 1.807) is 11.0 Å². The van der Waals surface area contributed by atoms with Crippen molar-refractivity contribution >= 4 is 17.5 Å². The van der Waals surface area contributed by atoms with Gasteiger partial charge in [0, 0.05) is 18.6 Å². The van der Waals surface area contributed by atoms with E-state index in [1.165, 1.54) is 12.8 Å². The Balaban J connectivity index is 1.55. The predicted molar refractivity (Wildman–Crippen MR) is 84.8 cm³/mol. The van der Waals surface area contributed by atoms with Crippen LogP contribution in [0.3, 0.4) is 0 Å². The minimum atomic E-state index is 0.137. The van der Waals surface area contributed by atoms with Gasteiger partial charge >= 0.3 is 0 Å². The summed E-state index contributed by atoms with van der Waals surface area (Å²) >= 11 is 5.88. The molecule has 0 aliphatic heterocycles. The smallest absolute Gasteiger partial charge is 0.236 e. The molecular weight excluding hydrogens is 288 g/mol. The third-order valence-electron chi connectivity index (χ3n) is 3.53. The molecule has 1 aliphatic carbocycles. The van der Waals surface area contributed by atoms with Crippen molar-refractivity contribution < 1.29 is 9.53 Å². The Kier molecular flexibility index (Phi) is 6.33. The summed E-state index contributed by atoms with van der Waals surface area (Å²) in [7, 11) is 1.83. The molecule has 0 unspecified atom stereocenters. The van der Waals surface area contributed by atoms with Gasteiger partial charge in [-0.25, -0.2) is 0 Å². The maximum Gasteiger partial charge on any atom is 0.236 e. The highest BCUT2D eigenvalue weighted by Gasteiger charge is 2.20. The molecule has 1 fully saturated rings. The number of amides is 1. The van der Waals surface area contributed by atoms with E-state index in [1.807, 2.05) is 25.2 Å². The van der Waals surface area contributed by atoms with Gasteiger partial charge < -0.3 is 15.0 Å². The van der Waals surface area contributed by atoms with Crippen LogP contribution in [0.2, 0.25) is 5.02 Å². The van der Waals surface area contributed by atoms with Gasteiger partial charge in [0.15, 0.2) is 0 Å². The Bertz CT molecular complexity index is 463. The number of likely N-dealkylation sites (N-methyl/N-ethyl adjacent to an activating group) is 1. The van der Waals surface area contributed by atoms with E-state index in [9.17, 15) is 4.79 Å². The molecule has 116 valence electrons. The van der Waals surface area contributed by atoms with E-state index in [0.29, 0.717) is 24.7 Å². The first-order chi connectivity index (χ1) is 10.1. The Labute approximate surface area is 131 Å². The second kappa shape index (κ2) is 8.25. The van der Waals surface area contributed by atoms with Crippen molar-refractivity contribution in [3.63, 3.8) is 0 Å². The lowest BCUT2D eigenvalue weighted by molar-refractivity contribution is -0.129. The van der Waals surface area contributed by atoms with Gasteiger partial charge in [-0.3, -0.25) is 4.79 Å². The minimum absolute atomic E-state index is 0.137. The van der Waals surface area contributed by atoms with Gasteiger partial charge in [0.05, 0.1) is 13.2 Å². The number of carbonyl (C=O) groups excluding carboxylic acids is 1. The highest BCUT2D eigenvalue weighted by Crippen LogP contribution is 2.27. The first-order valence-electron chi connectivity index (χ1n) is 7.48. The van der Waals surface area contributed by atoms with E-state index >= 15 is 0 Å². The number of benzene rings is 1. The third-order valence-corrected chi connectivity index (χ3v) is 3.77. The second-order valence-corrected chi connectivity index (χ2v) is 5.99. The van der Waals surface area contributed by atoms with Gasteiger partial charge in [-0.2, -0.15) is 0 Å². The summed E-state index contributed by atoms with van der Waals surface area (Å²) in [6, 6.07) is 7.34. The maximum absolute atomic E-state index is 11.9. The molecule has 1 N–H and O–H groups in total. The monoisotopic (exact) mass is 310 g/mol. The molecule has 2 rings (SSSR count). The second-order valence-electron chi connectivity index (χ2n) is 5.55. The largest absolute Gasteiger partial charge is 0.493 e. The van der Waals surface area contributed by atoms with Crippen molar-refractivity contribution in [2.45, 2.75) is 19.3 Å². The Morgan fingerprint density at radius 3 is 3.00 bits per heavy atom. The minimum Gasteiger partial charge on any atom is -0.493 e. The number of rotatable bonds is 9. The van der Waals surface area contributed by atoms with E-state index in [4.69, 9.17) is 16.3 Å². The summed E-state index contributed by atoms with van der Waals surface area (Å²) in [6.07, 6.45) is 3.41. The molecule has 1 aliphatic rings. The zero-order chi connectivity index (χ0) is 15.1. The quantitative estimate of drug-likeness (QED) is 0.713. The van der Waals surface area contributed by atoms with Crippen LogP contribution in [0.15, 0.2) is 24.3 Å². The molecule has 1 amide bonds. The predicted octanol–water partition coefficient (Wildman–Crippen LogP) is 2.57. The molecule has 21 heavy (non-hydrogen) atoms. The standard InChI is InChI=1S/C16H23ClN2O2/c1-19(16(20)12-18-11-13-6-7-13)8-3-9-21-15-5-2-4-14(17)10-15/h2,4-5,10,13,18H,3,6-9,11-12H2,1H3. The summed E-state index contributed by atoms with van der Waals surface area (Å²) in [5, 5.41) is 3.88. The molecule has 0 saturated heterocycles. The fourth-order valence-corrected chi connectivity index (χ4v) is 2.19. The van der Waals surface area contributed by atoms with Crippen LogP contribution in [-0.4, -0.2) is 44.1 Å². The molecule has 5 heteroatoms. The SMILES string of the molecule is CN(CCCOc1cccc(Cl)c1)C(=O)CNCC1CC1. The molecule has 1 aromatic carbocycles. The Morgan fingerprint density at radius 1 is 1.48 bits per heavy atom. The number of hydrogen-bond acceptors (Lipinski definition) is 3. The molecule has 0 radical (unpaired) electrons. The average molecular weight is 311 g/mol. The zero-order valence-electron chi connectivity index (χ0n) is 12.5. The van der Waals surface area contributed by atoms with Crippen LogP contribution in [0.1, 0.15) is 19.3 Å². The molecule has 0 aromatic heterocycles. The van der Waals surface area contributed by atoms with Gasteiger partial charge in [-0.1, -0.05) is 17.7 Å². The Hall–Kier alpha value is -1.26. The van der Waals surface area contributed by atoms with Crippen molar-refractivity contribution in [1.29, 1.82) is 0 Å². The summed E-state index contributed by atoms with van der Waals surface area (Å²) in [6.45, 7) is 2.68. The number of nitrogens with one attached hydrogen (secondary N) is 1. The molecule has 4 nitrogen and oxygen atoms in total. The first-order valence-corrected chi connectivity index (χ1v) is 7.86. The van der Waals surface area contributed by atoms with Gasteiger partial charge in [-0.05, 0) is 49.9 Å². The number of nitrogens with zero attached hydrogens (tertiary/aromatic N) is 1.